The zero-order chi connectivity index (χ0) is 18.0. The van der Waals surface area contributed by atoms with E-state index in [0.29, 0.717) is 36.4 Å². The summed E-state index contributed by atoms with van der Waals surface area (Å²) in [7, 11) is 0. The van der Waals surface area contributed by atoms with Crippen LogP contribution in [0.4, 0.5) is 0 Å². The summed E-state index contributed by atoms with van der Waals surface area (Å²) in [5.41, 5.74) is 1.63. The molecule has 0 saturated carbocycles. The smallest absolute Gasteiger partial charge is 0.272 e. The zero-order valence-corrected chi connectivity index (χ0v) is 15.5. The lowest BCUT2D eigenvalue weighted by molar-refractivity contribution is 0.0697. The number of rotatable bonds is 6. The van der Waals surface area contributed by atoms with Crippen molar-refractivity contribution in [2.75, 3.05) is 6.54 Å². The van der Waals surface area contributed by atoms with E-state index in [1.165, 1.54) is 0 Å². The molecule has 0 bridgehead atoms. The van der Waals surface area contributed by atoms with Crippen molar-refractivity contribution in [3.05, 3.63) is 29.2 Å². The van der Waals surface area contributed by atoms with E-state index in [-0.39, 0.29) is 11.9 Å². The Hall–Kier alpha value is -2.18. The Morgan fingerprint density at radius 3 is 2.84 bits per heavy atom. The van der Waals surface area contributed by atoms with E-state index in [9.17, 15) is 4.79 Å². The van der Waals surface area contributed by atoms with Gasteiger partial charge in [-0.2, -0.15) is 10.1 Å². The number of aryl methyl sites for hydroxylation is 2. The molecule has 2 aromatic heterocycles. The second-order valence-corrected chi connectivity index (χ2v) is 6.99. The second-order valence-electron chi connectivity index (χ2n) is 6.99. The summed E-state index contributed by atoms with van der Waals surface area (Å²) in [5, 5.41) is 8.57. The molecule has 0 N–H and O–H groups in total. The largest absolute Gasteiger partial charge is 0.337 e. The molecule has 1 atom stereocenters. The first-order valence-corrected chi connectivity index (χ1v) is 9.23. The van der Waals surface area contributed by atoms with Gasteiger partial charge in [0, 0.05) is 19.5 Å². The topological polar surface area (TPSA) is 77.0 Å². The Kier molecular flexibility index (Phi) is 5.20. The highest BCUT2D eigenvalue weighted by Gasteiger charge is 2.35. The number of nitrogens with zero attached hydrogens (tertiary/aromatic N) is 5. The first-order chi connectivity index (χ1) is 12.0. The van der Waals surface area contributed by atoms with E-state index >= 15 is 0 Å². The van der Waals surface area contributed by atoms with Crippen molar-refractivity contribution in [1.29, 1.82) is 0 Å². The van der Waals surface area contributed by atoms with Crippen molar-refractivity contribution in [3.8, 4) is 0 Å². The van der Waals surface area contributed by atoms with Gasteiger partial charge in [0.1, 0.15) is 11.7 Å². The fourth-order valence-corrected chi connectivity index (χ4v) is 3.36. The van der Waals surface area contributed by atoms with Crippen LogP contribution >= 0.6 is 0 Å². The van der Waals surface area contributed by atoms with E-state index < -0.39 is 0 Å². The van der Waals surface area contributed by atoms with Crippen LogP contribution in [0.15, 0.2) is 10.6 Å². The van der Waals surface area contributed by atoms with E-state index in [1.807, 2.05) is 24.8 Å². The summed E-state index contributed by atoms with van der Waals surface area (Å²) >= 11 is 0. The molecule has 2 aromatic rings. The van der Waals surface area contributed by atoms with Crippen LogP contribution in [0.25, 0.3) is 0 Å². The van der Waals surface area contributed by atoms with Crippen molar-refractivity contribution in [2.24, 2.45) is 5.92 Å². The van der Waals surface area contributed by atoms with Crippen LogP contribution in [0.3, 0.4) is 0 Å². The van der Waals surface area contributed by atoms with Crippen molar-refractivity contribution < 1.29 is 9.32 Å². The minimum atomic E-state index is -0.131. The van der Waals surface area contributed by atoms with Gasteiger partial charge in [-0.15, -0.1) is 0 Å². The molecule has 7 heteroatoms. The van der Waals surface area contributed by atoms with Gasteiger partial charge in [-0.3, -0.25) is 9.48 Å². The highest BCUT2D eigenvalue weighted by molar-refractivity contribution is 5.93. The van der Waals surface area contributed by atoms with Crippen molar-refractivity contribution in [2.45, 2.75) is 66.0 Å². The van der Waals surface area contributed by atoms with Crippen molar-refractivity contribution in [3.63, 3.8) is 0 Å². The van der Waals surface area contributed by atoms with Crippen LogP contribution < -0.4 is 0 Å². The molecule has 25 heavy (non-hydrogen) atoms. The maximum Gasteiger partial charge on any atom is 0.272 e. The number of carbonyl (C=O) groups is 1. The van der Waals surface area contributed by atoms with Crippen LogP contribution in [0, 0.1) is 5.92 Å². The molecule has 3 rings (SSSR count). The third-order valence-corrected chi connectivity index (χ3v) is 4.57. The lowest BCUT2D eigenvalue weighted by Crippen LogP contribution is -2.32. The molecule has 7 nitrogen and oxygen atoms in total. The second kappa shape index (κ2) is 7.37. The summed E-state index contributed by atoms with van der Waals surface area (Å²) in [4.78, 5) is 19.4. The quantitative estimate of drug-likeness (QED) is 0.804. The van der Waals surface area contributed by atoms with Gasteiger partial charge in [0.15, 0.2) is 5.82 Å². The van der Waals surface area contributed by atoms with Gasteiger partial charge in [-0.1, -0.05) is 25.9 Å². The number of amides is 1. The average molecular weight is 345 g/mol. The van der Waals surface area contributed by atoms with E-state index in [4.69, 9.17) is 4.52 Å². The number of hydrogen-bond donors (Lipinski definition) is 0. The lowest BCUT2D eigenvalue weighted by Gasteiger charge is -2.22. The molecule has 3 heterocycles. The van der Waals surface area contributed by atoms with Gasteiger partial charge in [-0.05, 0) is 38.2 Å². The predicted molar refractivity (Wildman–Crippen MR) is 93.1 cm³/mol. The Bertz CT molecular complexity index is 734. The summed E-state index contributed by atoms with van der Waals surface area (Å²) in [6.07, 6.45) is 3.40. The molecule has 136 valence electrons. The summed E-state index contributed by atoms with van der Waals surface area (Å²) in [6, 6.07) is 1.81. The van der Waals surface area contributed by atoms with E-state index in [1.54, 1.807) is 4.68 Å². The molecular formula is C18H27N5O2. The molecule has 1 saturated heterocycles. The average Bonchev–Trinajstić information content (AvgIpc) is 3.31. The monoisotopic (exact) mass is 345 g/mol. The molecule has 0 unspecified atom stereocenters. The number of aromatic nitrogens is 4. The maximum absolute atomic E-state index is 13.2. The van der Waals surface area contributed by atoms with Crippen LogP contribution in [0.1, 0.15) is 74.5 Å². The molecule has 1 amide bonds. The number of carbonyl (C=O) groups excluding carboxylic acids is 1. The minimum Gasteiger partial charge on any atom is -0.337 e. The standard InChI is InChI=1S/C18H27N5O2/c1-5-16-19-17(25-21-16)14-8-7-9-22(14)18(24)15-11-13(10-12(3)4)20-23(15)6-2/h11-12,14H,5-10H2,1-4H3/t14-/m0/s1. The van der Waals surface area contributed by atoms with Crippen molar-refractivity contribution >= 4 is 5.91 Å². The zero-order valence-electron chi connectivity index (χ0n) is 15.5. The molecule has 1 fully saturated rings. The summed E-state index contributed by atoms with van der Waals surface area (Å²) in [5.74, 6) is 1.75. The fourth-order valence-electron chi connectivity index (χ4n) is 3.36. The summed E-state index contributed by atoms with van der Waals surface area (Å²) in [6.45, 7) is 9.70. The number of hydrogen-bond acceptors (Lipinski definition) is 5. The first-order valence-electron chi connectivity index (χ1n) is 9.23. The highest BCUT2D eigenvalue weighted by atomic mass is 16.5. The van der Waals surface area contributed by atoms with Gasteiger partial charge in [0.2, 0.25) is 5.89 Å². The van der Waals surface area contributed by atoms with Crippen LogP contribution in [0.2, 0.25) is 0 Å². The first kappa shape index (κ1) is 17.6. The Balaban J connectivity index is 1.85. The molecule has 0 aliphatic carbocycles. The molecule has 1 aliphatic rings. The van der Waals surface area contributed by atoms with Crippen LogP contribution in [-0.4, -0.2) is 37.3 Å². The maximum atomic E-state index is 13.2. The molecular weight excluding hydrogens is 318 g/mol. The summed E-state index contributed by atoms with van der Waals surface area (Å²) < 4.78 is 7.20. The number of likely N-dealkylation sites (tertiary alicyclic amines) is 1. The Morgan fingerprint density at radius 1 is 1.40 bits per heavy atom. The molecule has 1 aliphatic heterocycles. The van der Waals surface area contributed by atoms with Crippen LogP contribution in [0.5, 0.6) is 0 Å². The van der Waals surface area contributed by atoms with Crippen molar-refractivity contribution in [1.82, 2.24) is 24.8 Å². The van der Waals surface area contributed by atoms with Gasteiger partial charge in [0.25, 0.3) is 5.91 Å². The molecule has 0 aromatic carbocycles. The third-order valence-electron chi connectivity index (χ3n) is 4.57. The Labute approximate surface area is 148 Å². The fraction of sp³-hybridized carbons (Fsp3) is 0.667. The SMILES string of the molecule is CCc1noc([C@@H]2CCCN2C(=O)c2cc(CC(C)C)nn2CC)n1. The molecule has 0 radical (unpaired) electrons. The highest BCUT2D eigenvalue weighted by Crippen LogP contribution is 2.32. The third kappa shape index (κ3) is 3.60. The molecule has 0 spiro atoms. The van der Waals surface area contributed by atoms with Crippen LogP contribution in [-0.2, 0) is 19.4 Å². The van der Waals surface area contributed by atoms with Gasteiger partial charge in [-0.25, -0.2) is 0 Å². The Morgan fingerprint density at radius 2 is 2.20 bits per heavy atom. The van der Waals surface area contributed by atoms with E-state index in [0.717, 1.165) is 31.4 Å². The van der Waals surface area contributed by atoms with E-state index in [2.05, 4.69) is 29.1 Å². The van der Waals surface area contributed by atoms with Gasteiger partial charge in [0.05, 0.1) is 5.69 Å². The van der Waals surface area contributed by atoms with Gasteiger partial charge < -0.3 is 9.42 Å². The lowest BCUT2D eigenvalue weighted by atomic mass is 10.1. The van der Waals surface area contributed by atoms with Gasteiger partial charge >= 0.3 is 0 Å². The normalized spacial score (nSPS) is 17.6. The predicted octanol–water partition coefficient (Wildman–Crippen LogP) is 3.02. The minimum absolute atomic E-state index is 0.00287.